The van der Waals surface area contributed by atoms with Gasteiger partial charge in [0.2, 0.25) is 47.3 Å². The third-order valence-electron chi connectivity index (χ3n) is 10.8. The minimum absolute atomic E-state index is 0.107. The quantitative estimate of drug-likeness (QED) is 0.0310. The van der Waals surface area contributed by atoms with Crippen LogP contribution in [0.5, 0.6) is 11.5 Å². The minimum atomic E-state index is -1.84. The van der Waals surface area contributed by atoms with Crippen LogP contribution in [0.2, 0.25) is 0 Å². The van der Waals surface area contributed by atoms with Gasteiger partial charge < -0.3 is 85.1 Å². The van der Waals surface area contributed by atoms with Crippen LogP contribution in [0, 0.1) is 5.92 Å². The van der Waals surface area contributed by atoms with Gasteiger partial charge in [-0.1, -0.05) is 44.5 Å². The number of carboxylic acid groups (broad SMARTS) is 2. The summed E-state index contributed by atoms with van der Waals surface area (Å²) in [5.41, 5.74) is 17.6. The van der Waals surface area contributed by atoms with Gasteiger partial charge in [0.25, 0.3) is 0 Å². The first-order valence-electron chi connectivity index (χ1n) is 23.0. The molecule has 2 rings (SSSR count). The van der Waals surface area contributed by atoms with E-state index in [2.05, 4.69) is 37.2 Å². The summed E-state index contributed by atoms with van der Waals surface area (Å²) in [5, 5.41) is 75.2. The second-order valence-electron chi connectivity index (χ2n) is 17.5. The van der Waals surface area contributed by atoms with E-state index >= 15 is 0 Å². The van der Waals surface area contributed by atoms with Crippen molar-refractivity contribution in [2.75, 3.05) is 13.2 Å². The van der Waals surface area contributed by atoms with Crippen LogP contribution >= 0.6 is 0 Å². The smallest absolute Gasteiger partial charge is 0.328 e. The summed E-state index contributed by atoms with van der Waals surface area (Å²) < 4.78 is 0. The number of phenolic OH excluding ortho intramolecular Hbond substituents is 2. The number of aliphatic hydroxyl groups is 2. The third kappa shape index (κ3) is 21.7. The Bertz CT molecular complexity index is 2180. The topological polar surface area (TPSA) is 454 Å². The molecular formula is C46H68N10O16. The van der Waals surface area contributed by atoms with Gasteiger partial charge in [0.05, 0.1) is 25.2 Å². The Morgan fingerprint density at radius 3 is 1.42 bits per heavy atom. The van der Waals surface area contributed by atoms with Gasteiger partial charge >= 0.3 is 11.9 Å². The molecule has 2 aromatic rings. The Hall–Kier alpha value is -7.42. The van der Waals surface area contributed by atoms with Crippen LogP contribution in [-0.4, -0.2) is 157 Å². The van der Waals surface area contributed by atoms with E-state index in [9.17, 15) is 78.6 Å². The average molecular weight is 1020 g/mol. The fourth-order valence-electron chi connectivity index (χ4n) is 6.92. The lowest BCUT2D eigenvalue weighted by Gasteiger charge is -2.28. The van der Waals surface area contributed by atoms with Crippen molar-refractivity contribution in [3.05, 3.63) is 59.7 Å². The number of hydrogen-bond acceptors (Lipinski definition) is 16. The number of aliphatic carboxylic acids is 2. The zero-order valence-corrected chi connectivity index (χ0v) is 40.2. The van der Waals surface area contributed by atoms with Crippen molar-refractivity contribution in [3.63, 3.8) is 0 Å². The van der Waals surface area contributed by atoms with E-state index in [4.69, 9.17) is 17.2 Å². The first-order chi connectivity index (χ1) is 33.8. The zero-order valence-electron chi connectivity index (χ0n) is 40.2. The normalized spacial score (nSPS) is 14.8. The molecule has 0 aliphatic heterocycles. The molecule has 19 N–H and O–H groups in total. The fourth-order valence-corrected chi connectivity index (χ4v) is 6.92. The highest BCUT2D eigenvalue weighted by Gasteiger charge is 2.36. The first-order valence-corrected chi connectivity index (χ1v) is 23.0. The van der Waals surface area contributed by atoms with E-state index in [0.717, 1.165) is 6.92 Å². The molecule has 0 unspecified atom stereocenters. The van der Waals surface area contributed by atoms with Gasteiger partial charge in [-0.2, -0.15) is 0 Å². The van der Waals surface area contributed by atoms with E-state index in [0.29, 0.717) is 30.5 Å². The van der Waals surface area contributed by atoms with Crippen molar-refractivity contribution in [2.45, 2.75) is 133 Å². The van der Waals surface area contributed by atoms with Crippen LogP contribution in [0.15, 0.2) is 48.5 Å². The summed E-state index contributed by atoms with van der Waals surface area (Å²) in [6.07, 6.45) is -3.03. The molecule has 0 saturated carbocycles. The number of nitrogens with two attached hydrogens (primary N) is 3. The van der Waals surface area contributed by atoms with E-state index in [1.807, 2.05) is 0 Å². The zero-order chi connectivity index (χ0) is 54.2. The lowest BCUT2D eigenvalue weighted by Crippen LogP contribution is -2.61. The van der Waals surface area contributed by atoms with Gasteiger partial charge in [0.15, 0.2) is 6.04 Å². The van der Waals surface area contributed by atoms with Gasteiger partial charge in [-0.3, -0.25) is 43.2 Å². The molecule has 398 valence electrons. The highest BCUT2D eigenvalue weighted by Crippen LogP contribution is 2.15. The number of aliphatic hydroxyl groups excluding tert-OH is 2. The van der Waals surface area contributed by atoms with Crippen molar-refractivity contribution >= 4 is 59.2 Å². The predicted octanol–water partition coefficient (Wildman–Crippen LogP) is -4.02. The molecule has 0 fully saturated rings. The molecule has 26 heteroatoms. The molecule has 8 amide bonds. The van der Waals surface area contributed by atoms with E-state index in [-0.39, 0.29) is 43.1 Å². The fraction of sp³-hybridized carbons (Fsp3) is 0.522. The van der Waals surface area contributed by atoms with Crippen molar-refractivity contribution < 1.29 is 78.6 Å². The minimum Gasteiger partial charge on any atom is -0.508 e. The molecule has 2 aromatic carbocycles. The number of carbonyl (C=O) groups excluding carboxylic acids is 8. The lowest BCUT2D eigenvalue weighted by atomic mass is 10.00. The number of carbonyl (C=O) groups is 10. The maximum Gasteiger partial charge on any atom is 0.328 e. The summed E-state index contributed by atoms with van der Waals surface area (Å²) in [6, 6.07) is -2.08. The summed E-state index contributed by atoms with van der Waals surface area (Å²) in [5.74, 6) is -12.0. The van der Waals surface area contributed by atoms with Gasteiger partial charge in [-0.15, -0.1) is 0 Å². The molecular weight excluding hydrogens is 949 g/mol. The lowest BCUT2D eigenvalue weighted by molar-refractivity contribution is -0.145. The molecule has 0 aromatic heterocycles. The van der Waals surface area contributed by atoms with Gasteiger partial charge in [0, 0.05) is 19.3 Å². The number of nitrogens with one attached hydrogen (secondary N) is 7. The molecule has 0 bridgehead atoms. The summed E-state index contributed by atoms with van der Waals surface area (Å²) in [7, 11) is 0. The summed E-state index contributed by atoms with van der Waals surface area (Å²) in [4.78, 5) is 131. The van der Waals surface area contributed by atoms with E-state index < -0.39 is 140 Å². The van der Waals surface area contributed by atoms with Crippen LogP contribution in [0.1, 0.15) is 76.8 Å². The number of primary amides is 1. The van der Waals surface area contributed by atoms with Gasteiger partial charge in [0.1, 0.15) is 47.8 Å². The van der Waals surface area contributed by atoms with Crippen molar-refractivity contribution in [3.8, 4) is 11.5 Å². The van der Waals surface area contributed by atoms with Crippen LogP contribution in [0.3, 0.4) is 0 Å². The standard InChI is InChI=1S/C46H68N10O16/c1-23(2)18-31(41(66)52-33(20-26-9-13-28(60)14-10-26)44(69)56-38(24(3)58)46(71)72)51-43(68)34(21-36(49)61)54-42(67)32(19-25-7-11-27(59)12-8-25)53-45(70)35(22-57)55-40(65)30(15-16-37(62)63)50-39(64)29(48)6-4-5-17-47/h7-14,23-24,29-35,38,57-60H,4-6,15-22,47-48H2,1-3H3,(H2,49,61)(H,50,64)(H,51,68)(H,52,66)(H,53,70)(H,54,67)(H,55,65)(H,56,69)(H,62,63)(H,71,72)/t24-,29+,30+,31+,32+,33+,34+,35+,38+/m1/s1. The Kier molecular flexibility index (Phi) is 25.6. The Morgan fingerprint density at radius 1 is 0.556 bits per heavy atom. The number of rotatable bonds is 32. The Labute approximate surface area is 414 Å². The largest absolute Gasteiger partial charge is 0.508 e. The third-order valence-corrected chi connectivity index (χ3v) is 10.8. The van der Waals surface area contributed by atoms with E-state index in [1.54, 1.807) is 13.8 Å². The molecule has 9 atom stereocenters. The van der Waals surface area contributed by atoms with Gasteiger partial charge in [-0.25, -0.2) is 4.79 Å². The Balaban J connectivity index is 2.45. The number of amides is 8. The Morgan fingerprint density at radius 2 is 0.972 bits per heavy atom. The number of hydrogen-bond donors (Lipinski definition) is 16. The van der Waals surface area contributed by atoms with Crippen molar-refractivity contribution in [1.82, 2.24) is 37.2 Å². The maximum absolute atomic E-state index is 14.1. The molecule has 26 nitrogen and oxygen atoms in total. The van der Waals surface area contributed by atoms with Crippen molar-refractivity contribution in [1.29, 1.82) is 0 Å². The molecule has 0 spiro atoms. The second kappa shape index (κ2) is 30.3. The van der Waals surface area contributed by atoms with Crippen molar-refractivity contribution in [2.24, 2.45) is 23.1 Å². The number of carboxylic acids is 2. The highest BCUT2D eigenvalue weighted by molar-refractivity contribution is 5.99. The number of aromatic hydroxyl groups is 2. The monoisotopic (exact) mass is 1020 g/mol. The molecule has 0 aliphatic rings. The average Bonchev–Trinajstić information content (AvgIpc) is 3.30. The summed E-state index contributed by atoms with van der Waals surface area (Å²) >= 11 is 0. The molecule has 72 heavy (non-hydrogen) atoms. The molecule has 0 heterocycles. The van der Waals surface area contributed by atoms with Crippen LogP contribution in [-0.2, 0) is 60.8 Å². The SMILES string of the molecule is CC(C)C[C@H](NC(=O)[C@H](CC(N)=O)NC(=O)[C@H](Cc1ccc(O)cc1)NC(=O)[C@H](CO)NC(=O)[C@H](CCC(=O)O)NC(=O)[C@@H](N)CCCCN)C(=O)N[C@@H](Cc1ccc(O)cc1)C(=O)N[C@H](C(=O)O)[C@@H](C)O. The number of benzene rings is 2. The van der Waals surface area contributed by atoms with Crippen LogP contribution in [0.25, 0.3) is 0 Å². The second-order valence-corrected chi connectivity index (χ2v) is 17.5. The summed E-state index contributed by atoms with van der Waals surface area (Å²) in [6.45, 7) is 3.74. The first kappa shape index (κ1) is 60.7. The molecule has 0 radical (unpaired) electrons. The van der Waals surface area contributed by atoms with Gasteiger partial charge in [-0.05, 0) is 80.5 Å². The molecule has 0 aliphatic carbocycles. The number of unbranched alkanes of at least 4 members (excludes halogenated alkanes) is 1. The van der Waals surface area contributed by atoms with Crippen LogP contribution in [0.4, 0.5) is 0 Å². The predicted molar refractivity (Wildman–Crippen MR) is 255 cm³/mol. The highest BCUT2D eigenvalue weighted by atomic mass is 16.4. The van der Waals surface area contributed by atoms with E-state index in [1.165, 1.54) is 48.5 Å². The number of phenols is 2. The molecule has 0 saturated heterocycles. The van der Waals surface area contributed by atoms with Crippen LogP contribution < -0.4 is 54.4 Å². The maximum atomic E-state index is 14.1.